The largest absolute Gasteiger partial charge is 0 e. The first-order chi connectivity index (χ1) is 0. The predicted octanol–water partition coefficient (Wildman–Crippen LogP) is -0.0150. The van der Waals surface area contributed by atoms with Gasteiger partial charge < -0.3 is 0 Å². The molecule has 0 atom stereocenters. The molecule has 0 aromatic heterocycles. The molecule has 0 spiro atoms. The second-order valence-corrected chi connectivity index (χ2v) is 0. The Balaban J connectivity index is 0. The molecule has 0 aromatic carbocycles. The maximum atomic E-state index is 0. The van der Waals surface area contributed by atoms with Gasteiger partial charge in [-0.3, -0.25) is 0 Å². The zero-order chi connectivity index (χ0) is 0. The van der Waals surface area contributed by atoms with Gasteiger partial charge in [0.25, 0.3) is 0 Å². The van der Waals surface area contributed by atoms with Crippen molar-refractivity contribution in [3.8, 4) is 0 Å². The van der Waals surface area contributed by atoms with E-state index in [9.17, 15) is 0 Å². The molecular weight excluding hydrogens is 369 g/mol. The first-order valence-corrected chi connectivity index (χ1v) is 0. The Bertz CT molecular complexity index is 15.5. The molecule has 0 aromatic rings. The smallest absolute Gasteiger partial charge is 0 e. The molecule has 0 saturated carbocycles. The third-order valence-electron chi connectivity index (χ3n) is 0. The van der Waals surface area contributed by atoms with E-state index in [2.05, 4.69) is 0 Å². The van der Waals surface area contributed by atoms with Gasteiger partial charge in [-0.1, -0.05) is 0 Å². The minimum absolute atomic E-state index is 0. The molecule has 0 N–H and O–H groups in total. The van der Waals surface area contributed by atoms with Crippen LogP contribution in [0.15, 0.2) is 0 Å². The third kappa shape index (κ3) is 26.0. The van der Waals surface area contributed by atoms with Gasteiger partial charge in [-0.15, -0.1) is 0 Å². The topological polar surface area (TPSA) is 0 Å². The third-order valence-corrected chi connectivity index (χ3v) is 0. The number of hydrogen-bond acceptors (Lipinski definition) is 0. The van der Waals surface area contributed by atoms with Crippen molar-refractivity contribution in [3.05, 3.63) is 0 Å². The van der Waals surface area contributed by atoms with Crippen LogP contribution in [-0.2, 0) is 110 Å². The molecule has 0 saturated heterocycles. The Labute approximate surface area is 109 Å². The molecule has 6 heavy (non-hydrogen) atoms. The van der Waals surface area contributed by atoms with Crippen molar-refractivity contribution in [1.29, 1.82) is 0 Å². The Morgan fingerprint density at radius 3 is 1.00 bits per heavy atom. The van der Waals surface area contributed by atoms with E-state index in [1.807, 2.05) is 0 Å². The van der Waals surface area contributed by atoms with Crippen LogP contribution in [-0.4, -0.2) is 0 Å². The standard InChI is InChI=1S/Co.Cr.Fe.Mo.Ni.Ti. The minimum atomic E-state index is 0. The summed E-state index contributed by atoms with van der Waals surface area (Å²) in [6.07, 6.45) is 0. The fourth-order valence-electron chi connectivity index (χ4n) is 0. The Morgan fingerprint density at radius 2 is 1.00 bits per heavy atom. The summed E-state index contributed by atoms with van der Waals surface area (Å²) >= 11 is 0. The maximum absolute atomic E-state index is 0. The summed E-state index contributed by atoms with van der Waals surface area (Å²) < 4.78 is 0. The number of hydrogen-bond donors (Lipinski definition) is 0. The van der Waals surface area contributed by atoms with E-state index < -0.39 is 0 Å². The van der Waals surface area contributed by atoms with Crippen LogP contribution in [0.5, 0.6) is 0 Å². The van der Waals surface area contributed by atoms with Gasteiger partial charge in [0.15, 0.2) is 0 Å². The van der Waals surface area contributed by atoms with E-state index in [1.165, 1.54) is 0 Å². The molecular formula is CoCrFeMoNiTi. The summed E-state index contributed by atoms with van der Waals surface area (Å²) in [5.41, 5.74) is 0. The second-order valence-electron chi connectivity index (χ2n) is 0. The molecule has 0 heterocycles. The fraction of sp³-hybridized carbons (Fsp3) is 0. The van der Waals surface area contributed by atoms with Crippen molar-refractivity contribution in [2.45, 2.75) is 0 Å². The molecule has 0 bridgehead atoms. The van der Waals surface area contributed by atoms with E-state index in [0.29, 0.717) is 0 Å². The summed E-state index contributed by atoms with van der Waals surface area (Å²) in [6.45, 7) is 0. The predicted molar refractivity (Wildman–Crippen MR) is 0 cm³/mol. The zero-order valence-corrected chi connectivity index (χ0v) is 10.3. The van der Waals surface area contributed by atoms with E-state index in [-0.39, 0.29) is 110 Å². The van der Waals surface area contributed by atoms with Gasteiger partial charge in [0.05, 0.1) is 0 Å². The summed E-state index contributed by atoms with van der Waals surface area (Å²) in [5, 5.41) is 0. The quantitative estimate of drug-likeness (QED) is 0.527. The van der Waals surface area contributed by atoms with Gasteiger partial charge >= 0.3 is 0 Å². The molecule has 0 aliphatic rings. The average molecular weight is 369 g/mol. The number of rotatable bonds is 0. The monoisotopic (exact) mass is 371 g/mol. The maximum Gasteiger partial charge on any atom is 0 e. The van der Waals surface area contributed by atoms with Crippen molar-refractivity contribution in [2.75, 3.05) is 0 Å². The molecule has 0 fully saturated rings. The van der Waals surface area contributed by atoms with Gasteiger partial charge in [-0.05, 0) is 0 Å². The molecule has 1 radical (unpaired) electrons. The van der Waals surface area contributed by atoms with Crippen LogP contribution in [0.25, 0.3) is 0 Å². The Hall–Kier alpha value is 3.45. The van der Waals surface area contributed by atoms with E-state index >= 15 is 0 Å². The molecule has 0 aliphatic heterocycles. The van der Waals surface area contributed by atoms with Crippen LogP contribution in [0, 0.1) is 0 Å². The van der Waals surface area contributed by atoms with Crippen molar-refractivity contribution in [1.82, 2.24) is 0 Å². The van der Waals surface area contributed by atoms with Gasteiger partial charge in [0.2, 0.25) is 0 Å². The molecule has 0 amide bonds. The van der Waals surface area contributed by atoms with Crippen molar-refractivity contribution >= 4 is 0 Å². The van der Waals surface area contributed by atoms with Crippen LogP contribution < -0.4 is 0 Å². The van der Waals surface area contributed by atoms with E-state index in [4.69, 9.17) is 0 Å². The van der Waals surface area contributed by atoms with Crippen molar-refractivity contribution in [2.24, 2.45) is 0 Å². The summed E-state index contributed by atoms with van der Waals surface area (Å²) in [6, 6.07) is 0. The van der Waals surface area contributed by atoms with Crippen LogP contribution in [0.3, 0.4) is 0 Å². The first-order valence-electron chi connectivity index (χ1n) is 0. The van der Waals surface area contributed by atoms with Gasteiger partial charge in [-0.2, -0.15) is 0 Å². The minimum Gasteiger partial charge on any atom is 0 e. The molecule has 0 aliphatic carbocycles. The van der Waals surface area contributed by atoms with Crippen LogP contribution >= 0.6 is 0 Å². The van der Waals surface area contributed by atoms with Crippen molar-refractivity contribution < 1.29 is 110 Å². The summed E-state index contributed by atoms with van der Waals surface area (Å²) in [4.78, 5) is 0. The van der Waals surface area contributed by atoms with Crippen LogP contribution in [0.1, 0.15) is 0 Å². The molecule has 0 nitrogen and oxygen atoms in total. The van der Waals surface area contributed by atoms with Gasteiger partial charge in [0, 0.05) is 110 Å². The fourth-order valence-corrected chi connectivity index (χ4v) is 0. The van der Waals surface area contributed by atoms with Crippen LogP contribution in [0.2, 0.25) is 0 Å². The summed E-state index contributed by atoms with van der Waals surface area (Å²) in [5.74, 6) is 0. The molecule has 6 heteroatoms. The zero-order valence-electron chi connectivity index (χ0n) is 2.32. The van der Waals surface area contributed by atoms with E-state index in [1.54, 1.807) is 0 Å². The molecule has 0 unspecified atom stereocenters. The SMILES string of the molecule is [Co].[Cr].[Fe].[Mo].[Ni].[Ti]. The van der Waals surface area contributed by atoms with Gasteiger partial charge in [-0.25, -0.2) is 0 Å². The van der Waals surface area contributed by atoms with Gasteiger partial charge in [0.1, 0.15) is 0 Å². The molecule has 0 rings (SSSR count). The Morgan fingerprint density at radius 1 is 1.00 bits per heavy atom. The van der Waals surface area contributed by atoms with E-state index in [0.717, 1.165) is 0 Å². The summed E-state index contributed by atoms with van der Waals surface area (Å²) in [7, 11) is 0. The van der Waals surface area contributed by atoms with Crippen LogP contribution in [0.4, 0.5) is 0 Å². The Kier molecular flexibility index (Phi) is 372. The second kappa shape index (κ2) is 39.4. The normalized spacial score (nSPS) is 0. The van der Waals surface area contributed by atoms with Crippen molar-refractivity contribution in [3.63, 3.8) is 0 Å². The first kappa shape index (κ1) is 56.6. The molecule has 43 valence electrons. The average Bonchev–Trinajstić information content (AvgIpc) is 0.